The summed E-state index contributed by atoms with van der Waals surface area (Å²) in [5.41, 5.74) is 1.54. The van der Waals surface area contributed by atoms with Crippen LogP contribution in [0.4, 0.5) is 5.69 Å². The quantitative estimate of drug-likeness (QED) is 0.510. The van der Waals surface area contributed by atoms with E-state index in [-0.39, 0.29) is 27.4 Å². The Labute approximate surface area is 149 Å². The second-order valence-electron chi connectivity index (χ2n) is 5.42. The van der Waals surface area contributed by atoms with Crippen molar-refractivity contribution in [2.75, 3.05) is 7.11 Å². The highest BCUT2D eigenvalue weighted by atomic mass is 35.5. The molecule has 0 aliphatic carbocycles. The van der Waals surface area contributed by atoms with Gasteiger partial charge in [0.1, 0.15) is 5.75 Å². The highest BCUT2D eigenvalue weighted by Crippen LogP contribution is 2.42. The van der Waals surface area contributed by atoms with Gasteiger partial charge in [-0.05, 0) is 12.8 Å². The first-order valence-corrected chi connectivity index (χ1v) is 7.86. The topological polar surface area (TPSA) is 74.5 Å². The molecular formula is C16H16Cl2N2O4. The zero-order valence-corrected chi connectivity index (χ0v) is 15.1. The van der Waals surface area contributed by atoms with Crippen LogP contribution in [0.25, 0.3) is 0 Å². The summed E-state index contributed by atoms with van der Waals surface area (Å²) in [5, 5.41) is 10.9. The van der Waals surface area contributed by atoms with Crippen molar-refractivity contribution in [2.45, 2.75) is 26.7 Å². The van der Waals surface area contributed by atoms with Crippen molar-refractivity contribution in [2.24, 2.45) is 0 Å². The fourth-order valence-corrected chi connectivity index (χ4v) is 2.93. The molecule has 0 unspecified atom stereocenters. The highest BCUT2D eigenvalue weighted by molar-refractivity contribution is 6.37. The van der Waals surface area contributed by atoms with Gasteiger partial charge in [-0.2, -0.15) is 0 Å². The van der Waals surface area contributed by atoms with Crippen molar-refractivity contribution in [1.82, 2.24) is 4.98 Å². The summed E-state index contributed by atoms with van der Waals surface area (Å²) in [5.74, 6) is 1.29. The minimum Gasteiger partial charge on any atom is -0.481 e. The van der Waals surface area contributed by atoms with E-state index in [0.717, 1.165) is 11.1 Å². The van der Waals surface area contributed by atoms with E-state index >= 15 is 0 Å². The number of methoxy groups -OCH3 is 1. The number of nitrogens with zero attached hydrogens (tertiary/aromatic N) is 2. The fraction of sp³-hybridized carbons (Fsp3) is 0.312. The molecule has 1 aromatic carbocycles. The number of nitro benzene ring substituents is 1. The number of hydrogen-bond donors (Lipinski definition) is 0. The minimum absolute atomic E-state index is 0.0514. The first-order chi connectivity index (χ1) is 11.3. The van der Waals surface area contributed by atoms with Gasteiger partial charge in [-0.1, -0.05) is 37.0 Å². The van der Waals surface area contributed by atoms with Crippen LogP contribution in [0, 0.1) is 17.0 Å². The van der Waals surface area contributed by atoms with Crippen molar-refractivity contribution < 1.29 is 14.4 Å². The van der Waals surface area contributed by atoms with Crippen molar-refractivity contribution in [1.29, 1.82) is 0 Å². The SMILES string of the molecule is COc1ncc(Oc2c(Cl)cc([N+](=O)[O-])cc2Cl)c(C)c1C(C)C. The Hall–Kier alpha value is -2.05. The maximum Gasteiger partial charge on any atom is 0.272 e. The summed E-state index contributed by atoms with van der Waals surface area (Å²) in [4.78, 5) is 14.5. The molecule has 2 aromatic rings. The number of halogens is 2. The Balaban J connectivity index is 2.49. The van der Waals surface area contributed by atoms with Gasteiger partial charge in [0, 0.05) is 23.3 Å². The lowest BCUT2D eigenvalue weighted by Gasteiger charge is -2.18. The Kier molecular flexibility index (Phi) is 5.51. The van der Waals surface area contributed by atoms with Gasteiger partial charge >= 0.3 is 0 Å². The lowest BCUT2D eigenvalue weighted by Crippen LogP contribution is -2.02. The molecule has 128 valence electrons. The van der Waals surface area contributed by atoms with Gasteiger partial charge in [0.2, 0.25) is 5.88 Å². The molecule has 0 aliphatic rings. The number of ether oxygens (including phenoxy) is 2. The molecule has 0 spiro atoms. The number of pyridine rings is 1. The maximum absolute atomic E-state index is 10.8. The van der Waals surface area contributed by atoms with Gasteiger partial charge in [0.15, 0.2) is 5.75 Å². The van der Waals surface area contributed by atoms with E-state index < -0.39 is 4.92 Å². The Bertz CT molecular complexity index is 771. The summed E-state index contributed by atoms with van der Waals surface area (Å²) < 4.78 is 11.1. The van der Waals surface area contributed by atoms with E-state index in [1.54, 1.807) is 7.11 Å². The van der Waals surface area contributed by atoms with E-state index in [9.17, 15) is 10.1 Å². The summed E-state index contributed by atoms with van der Waals surface area (Å²) in [6, 6.07) is 2.39. The van der Waals surface area contributed by atoms with Crippen molar-refractivity contribution in [3.8, 4) is 17.4 Å². The van der Waals surface area contributed by atoms with Crippen molar-refractivity contribution >= 4 is 28.9 Å². The smallest absolute Gasteiger partial charge is 0.272 e. The fourth-order valence-electron chi connectivity index (χ4n) is 2.38. The minimum atomic E-state index is -0.571. The van der Waals surface area contributed by atoms with E-state index in [1.807, 2.05) is 20.8 Å². The van der Waals surface area contributed by atoms with Crippen LogP contribution < -0.4 is 9.47 Å². The third-order valence-corrected chi connectivity index (χ3v) is 4.04. The number of rotatable bonds is 5. The summed E-state index contributed by atoms with van der Waals surface area (Å²) in [7, 11) is 1.55. The number of nitro groups is 1. The predicted molar refractivity (Wildman–Crippen MR) is 92.8 cm³/mol. The molecule has 0 fully saturated rings. The lowest BCUT2D eigenvalue weighted by molar-refractivity contribution is -0.384. The standard InChI is InChI=1S/C16H16Cl2N2O4/c1-8(2)14-9(3)13(7-19-16(14)23-4)24-15-11(17)5-10(20(21)22)6-12(15)18/h5-8H,1-4H3. The molecule has 0 saturated carbocycles. The first kappa shape index (κ1) is 18.3. The summed E-state index contributed by atoms with van der Waals surface area (Å²) >= 11 is 12.2. The molecule has 0 N–H and O–H groups in total. The van der Waals surface area contributed by atoms with Crippen LogP contribution in [0.1, 0.15) is 30.9 Å². The van der Waals surface area contributed by atoms with Gasteiger partial charge < -0.3 is 9.47 Å². The third-order valence-electron chi connectivity index (χ3n) is 3.48. The third kappa shape index (κ3) is 3.55. The number of non-ortho nitro benzene ring substituents is 1. The Morgan fingerprint density at radius 2 is 1.83 bits per heavy atom. The van der Waals surface area contributed by atoms with Gasteiger partial charge in [-0.25, -0.2) is 4.98 Å². The summed E-state index contributed by atoms with van der Waals surface area (Å²) in [6.07, 6.45) is 1.51. The molecule has 0 aliphatic heterocycles. The van der Waals surface area contributed by atoms with Crippen LogP contribution in [0.15, 0.2) is 18.3 Å². The van der Waals surface area contributed by atoms with Gasteiger partial charge in [0.25, 0.3) is 5.69 Å². The van der Waals surface area contributed by atoms with Crippen LogP contribution in [-0.4, -0.2) is 17.0 Å². The average molecular weight is 371 g/mol. The number of benzene rings is 1. The molecule has 1 heterocycles. The van der Waals surface area contributed by atoms with Crippen LogP contribution in [0.5, 0.6) is 17.4 Å². The lowest BCUT2D eigenvalue weighted by atomic mass is 9.99. The van der Waals surface area contributed by atoms with Gasteiger partial charge in [0.05, 0.1) is 28.3 Å². The van der Waals surface area contributed by atoms with Crippen molar-refractivity contribution in [3.63, 3.8) is 0 Å². The number of aromatic nitrogens is 1. The molecule has 0 amide bonds. The van der Waals surface area contributed by atoms with Crippen LogP contribution in [0.3, 0.4) is 0 Å². The molecule has 0 atom stereocenters. The zero-order chi connectivity index (χ0) is 18.0. The molecule has 6 nitrogen and oxygen atoms in total. The predicted octanol–water partition coefficient (Wildman–Crippen LogP) is 5.53. The van der Waals surface area contributed by atoms with E-state index in [2.05, 4.69) is 4.98 Å². The van der Waals surface area contributed by atoms with E-state index in [0.29, 0.717) is 11.6 Å². The second kappa shape index (κ2) is 7.23. The Morgan fingerprint density at radius 3 is 2.29 bits per heavy atom. The Morgan fingerprint density at radius 1 is 1.25 bits per heavy atom. The van der Waals surface area contributed by atoms with Gasteiger partial charge in [-0.15, -0.1) is 0 Å². The summed E-state index contributed by atoms with van der Waals surface area (Å²) in [6.45, 7) is 5.91. The van der Waals surface area contributed by atoms with Crippen LogP contribution >= 0.6 is 23.2 Å². The molecule has 24 heavy (non-hydrogen) atoms. The normalized spacial score (nSPS) is 10.8. The zero-order valence-electron chi connectivity index (χ0n) is 13.6. The monoisotopic (exact) mass is 370 g/mol. The molecule has 2 rings (SSSR count). The van der Waals surface area contributed by atoms with Crippen LogP contribution in [0.2, 0.25) is 10.0 Å². The second-order valence-corrected chi connectivity index (χ2v) is 6.24. The van der Waals surface area contributed by atoms with E-state index in [4.69, 9.17) is 32.7 Å². The van der Waals surface area contributed by atoms with Gasteiger partial charge in [-0.3, -0.25) is 10.1 Å². The molecule has 0 radical (unpaired) electrons. The largest absolute Gasteiger partial charge is 0.481 e. The molecule has 0 bridgehead atoms. The molecular weight excluding hydrogens is 355 g/mol. The first-order valence-electron chi connectivity index (χ1n) is 7.11. The molecule has 0 saturated heterocycles. The molecule has 8 heteroatoms. The van der Waals surface area contributed by atoms with E-state index in [1.165, 1.54) is 18.3 Å². The number of hydrogen-bond acceptors (Lipinski definition) is 5. The van der Waals surface area contributed by atoms with Crippen molar-refractivity contribution in [3.05, 3.63) is 49.6 Å². The maximum atomic E-state index is 10.8. The molecule has 1 aromatic heterocycles. The highest BCUT2D eigenvalue weighted by Gasteiger charge is 2.20. The van der Waals surface area contributed by atoms with Crippen LogP contribution in [-0.2, 0) is 0 Å². The average Bonchev–Trinajstić information content (AvgIpc) is 2.50.